The van der Waals surface area contributed by atoms with Crippen molar-refractivity contribution < 1.29 is 52.0 Å². The van der Waals surface area contributed by atoms with Gasteiger partial charge in [-0.2, -0.15) is 0 Å². The van der Waals surface area contributed by atoms with Gasteiger partial charge in [0.1, 0.15) is 11.7 Å². The number of hydrogen-bond acceptors (Lipinski definition) is 6. The minimum absolute atomic E-state index is 0. The number of hydrogen-bond donors (Lipinski definition) is 1. The van der Waals surface area contributed by atoms with Crippen molar-refractivity contribution >= 4 is 0 Å². The molecule has 0 saturated carbocycles. The van der Waals surface area contributed by atoms with Gasteiger partial charge in [0.15, 0.2) is 5.79 Å². The molecule has 25 heavy (non-hydrogen) atoms. The molecule has 1 radical (unpaired) electrons. The first-order chi connectivity index (χ1) is 11.5. The quantitative estimate of drug-likeness (QED) is 0.710. The normalized spacial score (nSPS) is 30.3. The van der Waals surface area contributed by atoms with E-state index >= 15 is 0 Å². The molecule has 4 rings (SSSR count). The zero-order valence-corrected chi connectivity index (χ0v) is 17.5. The van der Waals surface area contributed by atoms with Crippen molar-refractivity contribution in [3.8, 4) is 0 Å². The van der Waals surface area contributed by atoms with E-state index in [9.17, 15) is 0 Å². The molecule has 2 aliphatic heterocycles. The fourth-order valence-electron chi connectivity index (χ4n) is 2.56. The van der Waals surface area contributed by atoms with Crippen LogP contribution in [0.4, 0.5) is 0 Å². The van der Waals surface area contributed by atoms with E-state index in [1.807, 2.05) is 34.8 Å². The van der Waals surface area contributed by atoms with Crippen LogP contribution >= 0.6 is 0 Å². The Labute approximate surface area is 172 Å². The smallest absolute Gasteiger partial charge is 0.184 e. The predicted molar refractivity (Wildman–Crippen MR) is 85.1 cm³/mol. The van der Waals surface area contributed by atoms with Crippen molar-refractivity contribution in [2.75, 3.05) is 19.8 Å². The molecule has 0 aliphatic carbocycles. The Kier molecular flexibility index (Phi) is 7.31. The zero-order chi connectivity index (χ0) is 17.0. The van der Waals surface area contributed by atoms with Crippen molar-refractivity contribution in [3.63, 3.8) is 0 Å². The van der Waals surface area contributed by atoms with E-state index in [-0.39, 0.29) is 51.0 Å². The summed E-state index contributed by atoms with van der Waals surface area (Å²) in [4.78, 5) is 7.88. The van der Waals surface area contributed by atoms with E-state index in [2.05, 4.69) is 16.9 Å². The third kappa shape index (κ3) is 6.23. The van der Waals surface area contributed by atoms with Gasteiger partial charge >= 0.3 is 0 Å². The van der Waals surface area contributed by atoms with Crippen LogP contribution in [-0.4, -0.2) is 61.5 Å². The van der Waals surface area contributed by atoms with Crippen LogP contribution in [0.3, 0.4) is 0 Å². The molecule has 1 N–H and O–H groups in total. The maximum atomic E-state index is 8.90. The summed E-state index contributed by atoms with van der Waals surface area (Å²) in [5.74, 6) is -0.645. The summed E-state index contributed by atoms with van der Waals surface area (Å²) in [6.45, 7) is 6.80. The maximum Gasteiger partial charge on any atom is 0.184 e. The second-order valence-electron chi connectivity index (χ2n) is 6.58. The van der Waals surface area contributed by atoms with Gasteiger partial charge in [-0.15, -0.1) is 0 Å². The summed E-state index contributed by atoms with van der Waals surface area (Å²) in [6.07, 6.45) is 10.6. The average molecular weight is 425 g/mol. The molecule has 0 spiro atoms. The number of aliphatic hydroxyl groups is 1. The van der Waals surface area contributed by atoms with Gasteiger partial charge < -0.3 is 28.5 Å². The zero-order valence-electron chi connectivity index (χ0n) is 14.6. The van der Waals surface area contributed by atoms with Gasteiger partial charge in [0.2, 0.25) is 0 Å². The number of imidazole rings is 2. The summed E-state index contributed by atoms with van der Waals surface area (Å²) in [6, 6.07) is 0. The van der Waals surface area contributed by atoms with E-state index in [0.717, 1.165) is 13.2 Å². The number of nitrogens with zero attached hydrogens (tertiary/aromatic N) is 4. The first kappa shape index (κ1) is 20.7. The number of epoxide rings is 1. The third-order valence-electron chi connectivity index (χ3n) is 3.94. The molecule has 3 atom stereocenters. The summed E-state index contributed by atoms with van der Waals surface area (Å²) in [5, 5.41) is 8.90. The molecule has 2 aromatic rings. The first-order valence-corrected chi connectivity index (χ1v) is 7.98. The van der Waals surface area contributed by atoms with Gasteiger partial charge in [0.25, 0.3) is 0 Å². The average Bonchev–Trinajstić information content (AvgIpc) is 3.04. The van der Waals surface area contributed by atoms with E-state index < -0.39 is 5.79 Å². The summed E-state index contributed by atoms with van der Waals surface area (Å²) in [5.41, 5.74) is 0.0979. The number of rotatable bonds is 5. The molecular weight excluding hydrogens is 401 g/mol. The summed E-state index contributed by atoms with van der Waals surface area (Å²) >= 11 is 0. The van der Waals surface area contributed by atoms with Crippen LogP contribution in [-0.2, 0) is 60.0 Å². The molecule has 3 unspecified atom stereocenters. The summed E-state index contributed by atoms with van der Waals surface area (Å²) < 4.78 is 20.2. The van der Waals surface area contributed by atoms with Crippen molar-refractivity contribution in [3.05, 3.63) is 37.4 Å². The summed E-state index contributed by atoms with van der Waals surface area (Å²) in [7, 11) is 0. The monoisotopic (exact) mass is 425 g/mol. The second kappa shape index (κ2) is 8.84. The largest absolute Gasteiger partial charge is 0.394 e. The van der Waals surface area contributed by atoms with Crippen molar-refractivity contribution in [1.82, 2.24) is 19.1 Å². The van der Waals surface area contributed by atoms with Crippen molar-refractivity contribution in [2.24, 2.45) is 0 Å². The van der Waals surface area contributed by atoms with Gasteiger partial charge in [-0.1, -0.05) is 0 Å². The standard InChI is InChI=1S/C9H14N2O3.C7H10N2O.Y/c1-9(6-11-3-2-10-7-11)13-5-8(4-12)14-9;1-7(5-10-7)4-9-3-2-8-6-9;/h2-3,7-8,12H,4-6H2,1H3;2-3,6H,4-5H2,1H3;. The molecule has 135 valence electrons. The topological polar surface area (TPSA) is 86.9 Å². The molecule has 4 heterocycles. The van der Waals surface area contributed by atoms with Gasteiger partial charge in [0.05, 0.1) is 45.6 Å². The number of aromatic nitrogens is 4. The predicted octanol–water partition coefficient (Wildman–Crippen LogP) is 0.677. The van der Waals surface area contributed by atoms with E-state index in [1.165, 1.54) is 0 Å². The molecule has 0 bridgehead atoms. The van der Waals surface area contributed by atoms with Crippen LogP contribution < -0.4 is 0 Å². The number of ether oxygens (including phenoxy) is 3. The Morgan fingerprint density at radius 2 is 1.68 bits per heavy atom. The Hall–Kier alpha value is -0.636. The molecule has 2 aromatic heterocycles. The Bertz CT molecular complexity index is 618. The molecule has 8 nitrogen and oxygen atoms in total. The number of aliphatic hydroxyl groups excluding tert-OH is 1. The second-order valence-corrected chi connectivity index (χ2v) is 6.58. The van der Waals surface area contributed by atoms with Crippen LogP contribution in [0.1, 0.15) is 13.8 Å². The van der Waals surface area contributed by atoms with Gasteiger partial charge in [-0.25, -0.2) is 9.97 Å². The van der Waals surface area contributed by atoms with Crippen LogP contribution in [0, 0.1) is 0 Å². The van der Waals surface area contributed by atoms with Gasteiger partial charge in [0, 0.05) is 57.5 Å². The maximum absolute atomic E-state index is 8.90. The molecule has 2 fully saturated rings. The van der Waals surface area contributed by atoms with Crippen LogP contribution in [0.25, 0.3) is 0 Å². The van der Waals surface area contributed by atoms with Crippen LogP contribution in [0.5, 0.6) is 0 Å². The molecule has 2 aliphatic rings. The Morgan fingerprint density at radius 3 is 2.12 bits per heavy atom. The molecular formula is C16H24N4O4Y. The van der Waals surface area contributed by atoms with Crippen LogP contribution in [0.15, 0.2) is 37.4 Å². The Balaban J connectivity index is 0.000000182. The van der Waals surface area contributed by atoms with Crippen molar-refractivity contribution in [2.45, 2.75) is 44.4 Å². The Morgan fingerprint density at radius 1 is 1.08 bits per heavy atom. The van der Waals surface area contributed by atoms with Gasteiger partial charge in [-0.05, 0) is 13.8 Å². The van der Waals surface area contributed by atoms with Crippen LogP contribution in [0.2, 0.25) is 0 Å². The fourth-order valence-corrected chi connectivity index (χ4v) is 2.56. The molecule has 2 saturated heterocycles. The SMILES string of the molecule is CC1(Cn2ccnc2)CO1.CC1(Cn2ccnc2)OCC(CO)O1.[Y]. The van der Waals surface area contributed by atoms with E-state index in [0.29, 0.717) is 13.2 Å². The molecule has 9 heteroatoms. The molecule has 0 amide bonds. The molecule has 0 aromatic carbocycles. The third-order valence-corrected chi connectivity index (χ3v) is 3.94. The van der Waals surface area contributed by atoms with E-state index in [1.54, 1.807) is 18.7 Å². The van der Waals surface area contributed by atoms with Gasteiger partial charge in [-0.3, -0.25) is 0 Å². The van der Waals surface area contributed by atoms with E-state index in [4.69, 9.17) is 19.3 Å². The minimum Gasteiger partial charge on any atom is -0.394 e. The minimum atomic E-state index is -0.645. The fraction of sp³-hybridized carbons (Fsp3) is 0.625. The first-order valence-electron chi connectivity index (χ1n) is 7.98. The van der Waals surface area contributed by atoms with Crippen molar-refractivity contribution in [1.29, 1.82) is 0 Å².